The first kappa shape index (κ1) is 17.3. The average Bonchev–Trinajstić information content (AvgIpc) is 3.39. The molecule has 138 valence electrons. The Bertz CT molecular complexity index is 901. The summed E-state index contributed by atoms with van der Waals surface area (Å²) in [5.41, 5.74) is 2.71. The summed E-state index contributed by atoms with van der Waals surface area (Å²) in [6.07, 6.45) is 2.82. The van der Waals surface area contributed by atoms with Crippen LogP contribution in [0.1, 0.15) is 40.5 Å². The molecule has 0 unspecified atom stereocenters. The van der Waals surface area contributed by atoms with E-state index in [9.17, 15) is 4.79 Å². The van der Waals surface area contributed by atoms with E-state index < -0.39 is 0 Å². The number of hydrogen-bond donors (Lipinski definition) is 1. The molecule has 1 aromatic heterocycles. The largest absolute Gasteiger partial charge is 0.376 e. The van der Waals surface area contributed by atoms with E-state index in [1.54, 1.807) is 0 Å². The van der Waals surface area contributed by atoms with Gasteiger partial charge in [-0.25, -0.2) is 0 Å². The second-order valence-corrected chi connectivity index (χ2v) is 6.70. The van der Waals surface area contributed by atoms with Crippen molar-refractivity contribution in [1.29, 1.82) is 0 Å². The van der Waals surface area contributed by atoms with E-state index in [1.807, 2.05) is 59.5 Å². The minimum absolute atomic E-state index is 0.0964. The van der Waals surface area contributed by atoms with Gasteiger partial charge in [0.15, 0.2) is 5.82 Å². The van der Waals surface area contributed by atoms with Crippen molar-refractivity contribution in [3.63, 3.8) is 0 Å². The number of likely N-dealkylation sites (tertiary alicyclic amines) is 1. The third-order valence-corrected chi connectivity index (χ3v) is 4.66. The smallest absolute Gasteiger partial charge is 0.253 e. The predicted octanol–water partition coefficient (Wildman–Crippen LogP) is 3.51. The SMILES string of the molecule is O=C(c1cccc(NCc2nc(Cc3ccccc3)no2)c1)N1CCCC1. The highest BCUT2D eigenvalue weighted by Gasteiger charge is 2.19. The minimum atomic E-state index is 0.0964. The van der Waals surface area contributed by atoms with Gasteiger partial charge in [0, 0.05) is 30.8 Å². The number of nitrogens with one attached hydrogen (secondary N) is 1. The molecule has 6 heteroatoms. The number of rotatable bonds is 6. The van der Waals surface area contributed by atoms with Crippen LogP contribution in [0, 0.1) is 0 Å². The molecule has 1 N–H and O–H groups in total. The first-order valence-electron chi connectivity index (χ1n) is 9.26. The van der Waals surface area contributed by atoms with Crippen molar-refractivity contribution in [3.05, 3.63) is 77.4 Å². The van der Waals surface area contributed by atoms with E-state index in [4.69, 9.17) is 4.52 Å². The molecule has 1 aliphatic rings. The Morgan fingerprint density at radius 3 is 2.70 bits per heavy atom. The van der Waals surface area contributed by atoms with Gasteiger partial charge in [-0.05, 0) is 36.6 Å². The number of anilines is 1. The molecule has 0 radical (unpaired) electrons. The minimum Gasteiger partial charge on any atom is -0.376 e. The van der Waals surface area contributed by atoms with Crippen LogP contribution in [0.25, 0.3) is 0 Å². The number of amides is 1. The number of carbonyl (C=O) groups excluding carboxylic acids is 1. The van der Waals surface area contributed by atoms with Crippen molar-refractivity contribution in [3.8, 4) is 0 Å². The Hall–Kier alpha value is -3.15. The summed E-state index contributed by atoms with van der Waals surface area (Å²) < 4.78 is 5.32. The Kier molecular flexibility index (Phi) is 5.14. The molecule has 3 aromatic rings. The fourth-order valence-corrected chi connectivity index (χ4v) is 3.25. The van der Waals surface area contributed by atoms with Gasteiger partial charge in [-0.1, -0.05) is 41.6 Å². The predicted molar refractivity (Wildman–Crippen MR) is 102 cm³/mol. The van der Waals surface area contributed by atoms with Gasteiger partial charge < -0.3 is 14.7 Å². The zero-order chi connectivity index (χ0) is 18.5. The van der Waals surface area contributed by atoms with Gasteiger partial charge in [0.25, 0.3) is 5.91 Å². The Labute approximate surface area is 158 Å². The number of carbonyl (C=O) groups is 1. The van der Waals surface area contributed by atoms with E-state index in [-0.39, 0.29) is 5.91 Å². The van der Waals surface area contributed by atoms with Crippen molar-refractivity contribution in [1.82, 2.24) is 15.0 Å². The molecular formula is C21H22N4O2. The van der Waals surface area contributed by atoms with Crippen LogP contribution in [0.3, 0.4) is 0 Å². The van der Waals surface area contributed by atoms with Crippen LogP contribution in [0.5, 0.6) is 0 Å². The molecule has 27 heavy (non-hydrogen) atoms. The molecule has 0 bridgehead atoms. The molecule has 0 saturated carbocycles. The third kappa shape index (κ3) is 4.34. The van der Waals surface area contributed by atoms with Crippen molar-refractivity contribution in [2.45, 2.75) is 25.8 Å². The van der Waals surface area contributed by atoms with Crippen molar-refractivity contribution < 1.29 is 9.32 Å². The van der Waals surface area contributed by atoms with Gasteiger partial charge in [-0.2, -0.15) is 4.98 Å². The van der Waals surface area contributed by atoms with Crippen LogP contribution >= 0.6 is 0 Å². The lowest BCUT2D eigenvalue weighted by Gasteiger charge is -2.15. The fourth-order valence-electron chi connectivity index (χ4n) is 3.25. The summed E-state index contributed by atoms with van der Waals surface area (Å²) in [5, 5.41) is 7.29. The highest BCUT2D eigenvalue weighted by Crippen LogP contribution is 2.17. The van der Waals surface area contributed by atoms with Crippen LogP contribution < -0.4 is 5.32 Å². The summed E-state index contributed by atoms with van der Waals surface area (Å²) in [6, 6.07) is 17.6. The highest BCUT2D eigenvalue weighted by atomic mass is 16.5. The van der Waals surface area contributed by atoms with Gasteiger partial charge in [0.2, 0.25) is 5.89 Å². The van der Waals surface area contributed by atoms with Crippen LogP contribution in [-0.2, 0) is 13.0 Å². The molecule has 1 saturated heterocycles. The normalized spacial score (nSPS) is 13.7. The van der Waals surface area contributed by atoms with E-state index in [0.29, 0.717) is 30.2 Å². The molecule has 1 fully saturated rings. The Morgan fingerprint density at radius 2 is 1.89 bits per heavy atom. The molecule has 0 atom stereocenters. The van der Waals surface area contributed by atoms with Gasteiger partial charge in [0.1, 0.15) is 0 Å². The van der Waals surface area contributed by atoms with Gasteiger partial charge in [0.05, 0.1) is 6.54 Å². The first-order chi connectivity index (χ1) is 13.3. The van der Waals surface area contributed by atoms with Gasteiger partial charge >= 0.3 is 0 Å². The Morgan fingerprint density at radius 1 is 1.07 bits per heavy atom. The summed E-state index contributed by atoms with van der Waals surface area (Å²) in [4.78, 5) is 18.8. The molecule has 6 nitrogen and oxygen atoms in total. The van der Waals surface area contributed by atoms with Gasteiger partial charge in [-0.3, -0.25) is 4.79 Å². The van der Waals surface area contributed by atoms with Crippen molar-refractivity contribution >= 4 is 11.6 Å². The van der Waals surface area contributed by atoms with E-state index in [0.717, 1.165) is 37.2 Å². The lowest BCUT2D eigenvalue weighted by molar-refractivity contribution is 0.0793. The number of benzene rings is 2. The maximum atomic E-state index is 12.5. The van der Waals surface area contributed by atoms with Crippen LogP contribution in [0.15, 0.2) is 59.1 Å². The average molecular weight is 362 g/mol. The Balaban J connectivity index is 1.36. The van der Waals surface area contributed by atoms with Gasteiger partial charge in [-0.15, -0.1) is 0 Å². The van der Waals surface area contributed by atoms with Crippen LogP contribution in [-0.4, -0.2) is 34.0 Å². The lowest BCUT2D eigenvalue weighted by Crippen LogP contribution is -2.27. The molecule has 0 spiro atoms. The number of hydrogen-bond acceptors (Lipinski definition) is 5. The molecule has 4 rings (SSSR count). The zero-order valence-corrected chi connectivity index (χ0v) is 15.1. The quantitative estimate of drug-likeness (QED) is 0.727. The van der Waals surface area contributed by atoms with Crippen LogP contribution in [0.2, 0.25) is 0 Å². The topological polar surface area (TPSA) is 71.3 Å². The number of nitrogens with zero attached hydrogens (tertiary/aromatic N) is 3. The highest BCUT2D eigenvalue weighted by molar-refractivity contribution is 5.95. The summed E-state index contributed by atoms with van der Waals surface area (Å²) >= 11 is 0. The lowest BCUT2D eigenvalue weighted by atomic mass is 10.1. The molecule has 0 aliphatic carbocycles. The molecule has 1 amide bonds. The van der Waals surface area contributed by atoms with E-state index in [2.05, 4.69) is 15.5 Å². The summed E-state index contributed by atoms with van der Waals surface area (Å²) in [6.45, 7) is 2.12. The summed E-state index contributed by atoms with van der Waals surface area (Å²) in [7, 11) is 0. The maximum Gasteiger partial charge on any atom is 0.253 e. The molecule has 2 aromatic carbocycles. The zero-order valence-electron chi connectivity index (χ0n) is 15.1. The number of aromatic nitrogens is 2. The standard InChI is InChI=1S/C21H22N4O2/c26-21(25-11-4-5-12-25)17-9-6-10-18(14-17)22-15-20-23-19(24-27-20)13-16-7-2-1-3-8-16/h1-3,6-10,14,22H,4-5,11-13,15H2. The fraction of sp³-hybridized carbons (Fsp3) is 0.286. The maximum absolute atomic E-state index is 12.5. The monoisotopic (exact) mass is 362 g/mol. The second kappa shape index (κ2) is 8.03. The van der Waals surface area contributed by atoms with Crippen LogP contribution in [0.4, 0.5) is 5.69 Å². The first-order valence-corrected chi connectivity index (χ1v) is 9.26. The van der Waals surface area contributed by atoms with Crippen molar-refractivity contribution in [2.24, 2.45) is 0 Å². The van der Waals surface area contributed by atoms with E-state index >= 15 is 0 Å². The molecule has 2 heterocycles. The van der Waals surface area contributed by atoms with E-state index in [1.165, 1.54) is 0 Å². The third-order valence-electron chi connectivity index (χ3n) is 4.66. The second-order valence-electron chi connectivity index (χ2n) is 6.70. The van der Waals surface area contributed by atoms with Crippen molar-refractivity contribution in [2.75, 3.05) is 18.4 Å². The molecule has 1 aliphatic heterocycles. The summed E-state index contributed by atoms with van der Waals surface area (Å²) in [5.74, 6) is 1.28. The molecular weight excluding hydrogens is 340 g/mol.